The van der Waals surface area contributed by atoms with E-state index in [9.17, 15) is 9.59 Å². The first-order chi connectivity index (χ1) is 11.3. The molecule has 2 saturated heterocycles. The molecule has 0 bridgehead atoms. The number of nitrogens with zero attached hydrogens (tertiary/aromatic N) is 1. The minimum Gasteiger partial charge on any atom is -0.497 e. The summed E-state index contributed by atoms with van der Waals surface area (Å²) in [5, 5.41) is 0. The van der Waals surface area contributed by atoms with Crippen molar-refractivity contribution in [1.82, 2.24) is 4.90 Å². The Bertz CT molecular complexity index is 639. The highest BCUT2D eigenvalue weighted by atomic mass is 16.7. The second kappa shape index (κ2) is 6.18. The number of methoxy groups -OCH3 is 1. The average Bonchev–Trinajstić information content (AvgIpc) is 2.89. The van der Waals surface area contributed by atoms with E-state index in [4.69, 9.17) is 14.2 Å². The van der Waals surface area contributed by atoms with Gasteiger partial charge >= 0.3 is 0 Å². The van der Waals surface area contributed by atoms with Gasteiger partial charge in [-0.2, -0.15) is 0 Å². The van der Waals surface area contributed by atoms with Crippen molar-refractivity contribution in [3.8, 4) is 5.75 Å². The summed E-state index contributed by atoms with van der Waals surface area (Å²) in [6, 6.07) is 7.27. The molecule has 1 aromatic rings. The second-order valence-electron chi connectivity index (χ2n) is 6.76. The van der Waals surface area contributed by atoms with Crippen molar-refractivity contribution in [2.24, 2.45) is 5.92 Å². The van der Waals surface area contributed by atoms with Gasteiger partial charge in [0, 0.05) is 6.54 Å². The highest BCUT2D eigenvalue weighted by Gasteiger charge is 2.56. The van der Waals surface area contributed by atoms with Crippen LogP contribution in [0.5, 0.6) is 5.75 Å². The van der Waals surface area contributed by atoms with Crippen LogP contribution >= 0.6 is 0 Å². The molecule has 3 rings (SSSR count). The number of amides is 1. The molecule has 0 saturated carbocycles. The van der Waals surface area contributed by atoms with E-state index >= 15 is 0 Å². The number of carbonyl (C=O) groups is 2. The van der Waals surface area contributed by atoms with Gasteiger partial charge in [0.2, 0.25) is 5.91 Å². The molecule has 6 nitrogen and oxygen atoms in total. The van der Waals surface area contributed by atoms with Crippen LogP contribution in [0.4, 0.5) is 0 Å². The zero-order valence-corrected chi connectivity index (χ0v) is 14.4. The van der Waals surface area contributed by atoms with E-state index in [1.54, 1.807) is 12.0 Å². The first kappa shape index (κ1) is 16.9. The minimum atomic E-state index is -0.684. The number of carbonyl (C=O) groups excluding carboxylic acids is 2. The molecule has 2 fully saturated rings. The van der Waals surface area contributed by atoms with E-state index in [1.807, 2.05) is 38.1 Å². The van der Waals surface area contributed by atoms with Crippen LogP contribution in [-0.2, 0) is 25.6 Å². The number of hydrogen-bond donors (Lipinski definition) is 0. The van der Waals surface area contributed by atoms with Gasteiger partial charge in [0.15, 0.2) is 5.79 Å². The topological polar surface area (TPSA) is 65.1 Å². The van der Waals surface area contributed by atoms with Crippen molar-refractivity contribution < 1.29 is 23.8 Å². The van der Waals surface area contributed by atoms with Crippen molar-refractivity contribution in [3.63, 3.8) is 0 Å². The summed E-state index contributed by atoms with van der Waals surface area (Å²) >= 11 is 0. The fourth-order valence-electron chi connectivity index (χ4n) is 3.39. The van der Waals surface area contributed by atoms with Gasteiger partial charge in [-0.05, 0) is 38.5 Å². The third-order valence-corrected chi connectivity index (χ3v) is 4.61. The summed E-state index contributed by atoms with van der Waals surface area (Å²) in [5.74, 6) is -0.816. The number of ether oxygens (including phenoxy) is 3. The number of ketones is 1. The fraction of sp³-hybridized carbons (Fsp3) is 0.556. The van der Waals surface area contributed by atoms with E-state index < -0.39 is 11.7 Å². The second-order valence-corrected chi connectivity index (χ2v) is 6.76. The van der Waals surface area contributed by atoms with Crippen LogP contribution in [-0.4, -0.2) is 48.2 Å². The summed E-state index contributed by atoms with van der Waals surface area (Å²) < 4.78 is 16.7. The van der Waals surface area contributed by atoms with Crippen LogP contribution in [0.15, 0.2) is 24.3 Å². The molecule has 24 heavy (non-hydrogen) atoms. The zero-order valence-electron chi connectivity index (χ0n) is 14.4. The lowest BCUT2D eigenvalue weighted by Gasteiger charge is -2.48. The predicted octanol–water partition coefficient (Wildman–Crippen LogP) is 1.76. The molecule has 130 valence electrons. The van der Waals surface area contributed by atoms with Crippen LogP contribution in [0, 0.1) is 5.92 Å². The Hall–Kier alpha value is -1.92. The van der Waals surface area contributed by atoms with Crippen LogP contribution < -0.4 is 4.74 Å². The standard InChI is InChI=1S/C18H23NO5/c1-11(20)15-16(14-10-23-18(2,3)24-14)19(17(15)21)9-12-5-7-13(22-4)8-6-12/h5-8,14-16H,9-10H2,1-4H3/t14-,15-,16-/m1/s1. The van der Waals surface area contributed by atoms with Gasteiger partial charge in [-0.1, -0.05) is 12.1 Å². The number of hydrogen-bond acceptors (Lipinski definition) is 5. The van der Waals surface area contributed by atoms with E-state index in [0.717, 1.165) is 11.3 Å². The highest BCUT2D eigenvalue weighted by Crippen LogP contribution is 2.37. The Kier molecular flexibility index (Phi) is 4.36. The molecule has 6 heteroatoms. The molecule has 1 aromatic carbocycles. The maximum atomic E-state index is 12.4. The van der Waals surface area contributed by atoms with Crippen LogP contribution in [0.25, 0.3) is 0 Å². The van der Waals surface area contributed by atoms with Gasteiger partial charge in [-0.15, -0.1) is 0 Å². The van der Waals surface area contributed by atoms with E-state index in [1.165, 1.54) is 6.92 Å². The zero-order chi connectivity index (χ0) is 17.5. The normalized spacial score (nSPS) is 28.6. The van der Waals surface area contributed by atoms with Crippen LogP contribution in [0.1, 0.15) is 26.3 Å². The Labute approximate surface area is 141 Å². The smallest absolute Gasteiger partial charge is 0.236 e. The third kappa shape index (κ3) is 3.03. The molecule has 0 aliphatic carbocycles. The summed E-state index contributed by atoms with van der Waals surface area (Å²) in [5.41, 5.74) is 0.981. The summed E-state index contributed by atoms with van der Waals surface area (Å²) in [6.07, 6.45) is -0.287. The van der Waals surface area contributed by atoms with E-state index in [2.05, 4.69) is 0 Å². The lowest BCUT2D eigenvalue weighted by Crippen LogP contribution is -2.67. The van der Waals surface area contributed by atoms with E-state index in [0.29, 0.717) is 13.2 Å². The Balaban J connectivity index is 1.77. The van der Waals surface area contributed by atoms with Gasteiger partial charge in [0.25, 0.3) is 0 Å². The quantitative estimate of drug-likeness (QED) is 0.607. The molecule has 0 spiro atoms. The number of benzene rings is 1. The molecule has 0 radical (unpaired) electrons. The van der Waals surface area contributed by atoms with Gasteiger partial charge in [-0.3, -0.25) is 9.59 Å². The molecule has 3 atom stereocenters. The van der Waals surface area contributed by atoms with Gasteiger partial charge in [0.05, 0.1) is 19.8 Å². The molecule has 0 N–H and O–H groups in total. The maximum absolute atomic E-state index is 12.4. The first-order valence-electron chi connectivity index (χ1n) is 8.08. The summed E-state index contributed by atoms with van der Waals surface area (Å²) in [4.78, 5) is 26.0. The molecule has 2 aliphatic heterocycles. The third-order valence-electron chi connectivity index (χ3n) is 4.61. The van der Waals surface area contributed by atoms with Crippen LogP contribution in [0.2, 0.25) is 0 Å². The fourth-order valence-corrected chi connectivity index (χ4v) is 3.39. The highest BCUT2D eigenvalue weighted by molar-refractivity contribution is 6.05. The lowest BCUT2D eigenvalue weighted by atomic mass is 9.80. The van der Waals surface area contributed by atoms with Gasteiger partial charge in [0.1, 0.15) is 23.6 Å². The number of rotatable bonds is 5. The summed E-state index contributed by atoms with van der Waals surface area (Å²) in [7, 11) is 1.61. The molecule has 0 aromatic heterocycles. The minimum absolute atomic E-state index is 0.121. The van der Waals surface area contributed by atoms with Crippen molar-refractivity contribution in [2.75, 3.05) is 13.7 Å². The largest absolute Gasteiger partial charge is 0.497 e. The molecule has 2 aliphatic rings. The van der Waals surface area contributed by atoms with Crippen molar-refractivity contribution in [2.45, 2.75) is 45.2 Å². The van der Waals surface area contributed by atoms with E-state index in [-0.39, 0.29) is 23.8 Å². The first-order valence-corrected chi connectivity index (χ1v) is 8.08. The SMILES string of the molecule is COc1ccc(CN2C(=O)[C@H](C(C)=O)[C@H]2[C@H]2COC(C)(C)O2)cc1. The Morgan fingerprint density at radius 2 is 2.00 bits per heavy atom. The van der Waals surface area contributed by atoms with Crippen molar-refractivity contribution >= 4 is 11.7 Å². The van der Waals surface area contributed by atoms with Gasteiger partial charge < -0.3 is 19.1 Å². The van der Waals surface area contributed by atoms with Gasteiger partial charge in [-0.25, -0.2) is 0 Å². The molecule has 2 heterocycles. The van der Waals surface area contributed by atoms with Crippen LogP contribution in [0.3, 0.4) is 0 Å². The predicted molar refractivity (Wildman–Crippen MR) is 86.4 cm³/mol. The van der Waals surface area contributed by atoms with Crippen molar-refractivity contribution in [3.05, 3.63) is 29.8 Å². The number of likely N-dealkylation sites (tertiary alicyclic amines) is 1. The summed E-state index contributed by atoms with van der Waals surface area (Å²) in [6.45, 7) is 5.96. The Morgan fingerprint density at radius 1 is 1.33 bits per heavy atom. The number of β-lactam (4-membered cyclic amide) rings is 1. The monoisotopic (exact) mass is 333 g/mol. The lowest BCUT2D eigenvalue weighted by molar-refractivity contribution is -0.182. The molecular formula is C18H23NO5. The average molecular weight is 333 g/mol. The Morgan fingerprint density at radius 3 is 2.50 bits per heavy atom. The molecular weight excluding hydrogens is 310 g/mol. The number of Topliss-reactive ketones (excluding diaryl/α,β-unsaturated/α-hetero) is 1. The molecule has 0 unspecified atom stereocenters. The molecule has 1 amide bonds. The maximum Gasteiger partial charge on any atom is 0.236 e. The van der Waals surface area contributed by atoms with Crippen molar-refractivity contribution in [1.29, 1.82) is 0 Å².